The number of benzene rings is 2. The zero-order valence-electron chi connectivity index (χ0n) is 16.3. The number of aryl methyl sites for hydroxylation is 1. The Labute approximate surface area is 170 Å². The molecule has 1 heterocycles. The summed E-state index contributed by atoms with van der Waals surface area (Å²) >= 11 is 0. The number of sulfonamides is 1. The lowest BCUT2D eigenvalue weighted by molar-refractivity contribution is -0.119. The number of anilines is 1. The highest BCUT2D eigenvalue weighted by atomic mass is 32.2. The van der Waals surface area contributed by atoms with Gasteiger partial charge in [-0.3, -0.25) is 4.79 Å². The number of carbonyl (C=O) groups is 2. The molecule has 0 unspecified atom stereocenters. The number of carbonyl (C=O) groups excluding carboxylic acids is 2. The van der Waals surface area contributed by atoms with E-state index in [2.05, 4.69) is 5.32 Å². The van der Waals surface area contributed by atoms with E-state index >= 15 is 0 Å². The summed E-state index contributed by atoms with van der Waals surface area (Å²) < 4.78 is 31.8. The Morgan fingerprint density at radius 3 is 2.38 bits per heavy atom. The van der Waals surface area contributed by atoms with Crippen molar-refractivity contribution < 1.29 is 22.7 Å². The number of hydrogen-bond donors (Lipinski definition) is 1. The van der Waals surface area contributed by atoms with Crippen molar-refractivity contribution in [3.63, 3.8) is 0 Å². The van der Waals surface area contributed by atoms with Crippen LogP contribution in [0.25, 0.3) is 0 Å². The van der Waals surface area contributed by atoms with Gasteiger partial charge < -0.3 is 10.1 Å². The molecule has 1 aliphatic rings. The maximum atomic E-state index is 12.6. The molecule has 1 fully saturated rings. The molecule has 154 valence electrons. The predicted molar refractivity (Wildman–Crippen MR) is 109 cm³/mol. The van der Waals surface area contributed by atoms with Crippen LogP contribution in [0, 0.1) is 6.92 Å². The van der Waals surface area contributed by atoms with Gasteiger partial charge in [0, 0.05) is 18.8 Å². The number of esters is 1. The van der Waals surface area contributed by atoms with Crippen LogP contribution in [-0.2, 0) is 19.6 Å². The minimum atomic E-state index is -3.55. The summed E-state index contributed by atoms with van der Waals surface area (Å²) in [5.41, 5.74) is 1.81. The third-order valence-electron chi connectivity index (χ3n) is 4.68. The first kappa shape index (κ1) is 21.0. The van der Waals surface area contributed by atoms with E-state index in [1.807, 2.05) is 19.1 Å². The predicted octanol–water partition coefficient (Wildman–Crippen LogP) is 2.97. The molecule has 0 bridgehead atoms. The van der Waals surface area contributed by atoms with Crippen LogP contribution in [0.1, 0.15) is 35.2 Å². The maximum Gasteiger partial charge on any atom is 0.338 e. The molecule has 0 saturated carbocycles. The average molecular weight is 416 g/mol. The monoisotopic (exact) mass is 416 g/mol. The molecule has 1 saturated heterocycles. The number of nitrogens with zero attached hydrogens (tertiary/aromatic N) is 1. The van der Waals surface area contributed by atoms with Crippen molar-refractivity contribution in [2.45, 2.75) is 31.1 Å². The molecule has 0 aromatic heterocycles. The van der Waals surface area contributed by atoms with Crippen molar-refractivity contribution in [1.29, 1.82) is 0 Å². The second-order valence-electron chi connectivity index (χ2n) is 6.98. The van der Waals surface area contributed by atoms with Gasteiger partial charge in [-0.25, -0.2) is 13.2 Å². The molecule has 8 heteroatoms. The Kier molecular flexibility index (Phi) is 6.66. The molecular formula is C21H24N2O5S. The number of nitrogens with one attached hydrogen (secondary N) is 1. The molecule has 2 aromatic carbocycles. The number of piperidine rings is 1. The molecule has 0 atom stereocenters. The fourth-order valence-corrected chi connectivity index (χ4v) is 4.67. The normalized spacial score (nSPS) is 14.9. The largest absolute Gasteiger partial charge is 0.452 e. The summed E-state index contributed by atoms with van der Waals surface area (Å²) in [5, 5.41) is 2.65. The Morgan fingerprint density at radius 2 is 1.72 bits per heavy atom. The Hall–Kier alpha value is -2.71. The van der Waals surface area contributed by atoms with Gasteiger partial charge in [0.15, 0.2) is 6.61 Å². The lowest BCUT2D eigenvalue weighted by Crippen LogP contribution is -2.35. The number of rotatable bonds is 6. The van der Waals surface area contributed by atoms with Crippen LogP contribution in [-0.4, -0.2) is 44.3 Å². The van der Waals surface area contributed by atoms with Gasteiger partial charge >= 0.3 is 5.97 Å². The molecule has 0 spiro atoms. The fraction of sp³-hybridized carbons (Fsp3) is 0.333. The average Bonchev–Trinajstić information content (AvgIpc) is 2.73. The molecule has 2 aromatic rings. The van der Waals surface area contributed by atoms with Crippen molar-refractivity contribution in [1.82, 2.24) is 4.31 Å². The van der Waals surface area contributed by atoms with Gasteiger partial charge in [-0.15, -0.1) is 0 Å². The molecule has 29 heavy (non-hydrogen) atoms. The van der Waals surface area contributed by atoms with Gasteiger partial charge in [0.1, 0.15) is 0 Å². The van der Waals surface area contributed by atoms with Gasteiger partial charge in [0.05, 0.1) is 10.5 Å². The molecule has 7 nitrogen and oxygen atoms in total. The molecule has 1 aliphatic heterocycles. The van der Waals surface area contributed by atoms with E-state index in [0.29, 0.717) is 18.8 Å². The lowest BCUT2D eigenvalue weighted by Gasteiger charge is -2.25. The zero-order valence-corrected chi connectivity index (χ0v) is 17.1. The highest BCUT2D eigenvalue weighted by Crippen LogP contribution is 2.21. The molecule has 0 aliphatic carbocycles. The van der Waals surface area contributed by atoms with Crippen molar-refractivity contribution in [3.8, 4) is 0 Å². The first-order valence-electron chi connectivity index (χ1n) is 9.50. The third kappa shape index (κ3) is 5.42. The van der Waals surface area contributed by atoms with Crippen LogP contribution in [0.5, 0.6) is 0 Å². The fourth-order valence-electron chi connectivity index (χ4n) is 3.15. The third-order valence-corrected chi connectivity index (χ3v) is 6.59. The topological polar surface area (TPSA) is 92.8 Å². The van der Waals surface area contributed by atoms with E-state index in [0.717, 1.165) is 24.8 Å². The van der Waals surface area contributed by atoms with Crippen LogP contribution in [0.3, 0.4) is 0 Å². The summed E-state index contributed by atoms with van der Waals surface area (Å²) in [5.74, 6) is -1.14. The minimum Gasteiger partial charge on any atom is -0.452 e. The number of hydrogen-bond acceptors (Lipinski definition) is 5. The Bertz CT molecular complexity index is 980. The van der Waals surface area contributed by atoms with E-state index in [1.54, 1.807) is 12.1 Å². The van der Waals surface area contributed by atoms with E-state index in [4.69, 9.17) is 4.74 Å². The van der Waals surface area contributed by atoms with E-state index in [1.165, 1.54) is 28.6 Å². The van der Waals surface area contributed by atoms with Crippen LogP contribution < -0.4 is 5.32 Å². The highest BCUT2D eigenvalue weighted by molar-refractivity contribution is 7.89. The molecule has 3 rings (SSSR count). The van der Waals surface area contributed by atoms with Gasteiger partial charge in [0.25, 0.3) is 5.91 Å². The molecular weight excluding hydrogens is 392 g/mol. The van der Waals surface area contributed by atoms with E-state index < -0.39 is 28.5 Å². The lowest BCUT2D eigenvalue weighted by atomic mass is 10.2. The molecule has 1 N–H and O–H groups in total. The summed E-state index contributed by atoms with van der Waals surface area (Å²) in [4.78, 5) is 24.2. The van der Waals surface area contributed by atoms with Crippen LogP contribution in [0.15, 0.2) is 53.4 Å². The second kappa shape index (κ2) is 9.19. The summed E-state index contributed by atoms with van der Waals surface area (Å²) in [6.45, 7) is 2.51. The maximum absolute atomic E-state index is 12.6. The number of ether oxygens (including phenoxy) is 1. The van der Waals surface area contributed by atoms with Crippen LogP contribution >= 0.6 is 0 Å². The Morgan fingerprint density at radius 1 is 1.03 bits per heavy atom. The van der Waals surface area contributed by atoms with Crippen molar-refractivity contribution in [2.75, 3.05) is 25.0 Å². The molecule has 1 amide bonds. The first-order valence-corrected chi connectivity index (χ1v) is 10.9. The minimum absolute atomic E-state index is 0.146. The smallest absolute Gasteiger partial charge is 0.338 e. The second-order valence-corrected chi connectivity index (χ2v) is 8.92. The van der Waals surface area contributed by atoms with Crippen molar-refractivity contribution in [3.05, 3.63) is 59.7 Å². The zero-order chi connectivity index (χ0) is 20.9. The quantitative estimate of drug-likeness (QED) is 0.731. The standard InChI is InChI=1S/C21H24N2O5S/c1-16-6-5-7-18(14-16)22-20(24)15-28-21(25)17-8-10-19(11-9-17)29(26,27)23-12-3-2-4-13-23/h5-11,14H,2-4,12-13,15H2,1H3,(H,22,24). The number of amides is 1. The highest BCUT2D eigenvalue weighted by Gasteiger charge is 2.26. The first-order chi connectivity index (χ1) is 13.9. The van der Waals surface area contributed by atoms with Crippen LogP contribution in [0.2, 0.25) is 0 Å². The van der Waals surface area contributed by atoms with Gasteiger partial charge in [0.2, 0.25) is 10.0 Å². The summed E-state index contributed by atoms with van der Waals surface area (Å²) in [6, 6.07) is 12.9. The van der Waals surface area contributed by atoms with Gasteiger partial charge in [-0.1, -0.05) is 18.6 Å². The Balaban J connectivity index is 1.56. The SMILES string of the molecule is Cc1cccc(NC(=O)COC(=O)c2ccc(S(=O)(=O)N3CCCCC3)cc2)c1. The van der Waals surface area contributed by atoms with Gasteiger partial charge in [-0.05, 0) is 61.7 Å². The van der Waals surface area contributed by atoms with E-state index in [9.17, 15) is 18.0 Å². The van der Waals surface area contributed by atoms with Crippen molar-refractivity contribution in [2.24, 2.45) is 0 Å². The van der Waals surface area contributed by atoms with Crippen LogP contribution in [0.4, 0.5) is 5.69 Å². The summed E-state index contributed by atoms with van der Waals surface area (Å²) in [6.07, 6.45) is 2.75. The van der Waals surface area contributed by atoms with Crippen molar-refractivity contribution >= 4 is 27.6 Å². The van der Waals surface area contributed by atoms with Gasteiger partial charge in [-0.2, -0.15) is 4.31 Å². The molecule has 0 radical (unpaired) electrons. The van der Waals surface area contributed by atoms with E-state index in [-0.39, 0.29) is 10.5 Å². The summed E-state index contributed by atoms with van der Waals surface area (Å²) in [7, 11) is -3.55.